The molecule has 7 nitrogen and oxygen atoms in total. The Morgan fingerprint density at radius 3 is 2.71 bits per heavy atom. The molecule has 0 spiro atoms. The minimum Gasteiger partial charge on any atom is -0.497 e. The number of hydrogen-bond donors (Lipinski definition) is 2. The molecule has 1 unspecified atom stereocenters. The van der Waals surface area contributed by atoms with Crippen molar-refractivity contribution in [1.82, 2.24) is 15.5 Å². The summed E-state index contributed by atoms with van der Waals surface area (Å²) in [5.74, 6) is 3.17. The van der Waals surface area contributed by atoms with Crippen LogP contribution >= 0.6 is 24.0 Å². The summed E-state index contributed by atoms with van der Waals surface area (Å²) in [6.07, 6.45) is 5.42. The van der Waals surface area contributed by atoms with Gasteiger partial charge in [-0.25, -0.2) is 4.99 Å². The van der Waals surface area contributed by atoms with Crippen molar-refractivity contribution < 1.29 is 13.9 Å². The molecule has 1 aromatic heterocycles. The first kappa shape index (κ1) is 23.4. The number of aliphatic imine (C=N–C) groups is 1. The van der Waals surface area contributed by atoms with Gasteiger partial charge >= 0.3 is 0 Å². The van der Waals surface area contributed by atoms with E-state index in [2.05, 4.69) is 15.5 Å². The number of ether oxygens (including phenoxy) is 1. The number of rotatable bonds is 9. The van der Waals surface area contributed by atoms with E-state index in [4.69, 9.17) is 14.1 Å². The fraction of sp³-hybridized carbons (Fsp3) is 0.478. The highest BCUT2D eigenvalue weighted by Gasteiger charge is 2.39. The van der Waals surface area contributed by atoms with Crippen LogP contribution in [0.2, 0.25) is 0 Å². The second-order valence-electron chi connectivity index (χ2n) is 8.00. The van der Waals surface area contributed by atoms with Gasteiger partial charge in [0.1, 0.15) is 11.5 Å². The monoisotopic (exact) mass is 538 g/mol. The number of halogens is 1. The van der Waals surface area contributed by atoms with Crippen molar-refractivity contribution in [2.24, 2.45) is 10.9 Å². The van der Waals surface area contributed by atoms with Crippen LogP contribution in [0.4, 0.5) is 0 Å². The first-order valence-corrected chi connectivity index (χ1v) is 10.7. The van der Waals surface area contributed by atoms with Gasteiger partial charge in [-0.15, -0.1) is 24.0 Å². The molecule has 1 saturated heterocycles. The summed E-state index contributed by atoms with van der Waals surface area (Å²) < 4.78 is 10.6. The van der Waals surface area contributed by atoms with Crippen molar-refractivity contribution in [2.75, 3.05) is 26.7 Å². The second kappa shape index (κ2) is 11.4. The lowest BCUT2D eigenvalue weighted by molar-refractivity contribution is -0.128. The Labute approximate surface area is 200 Å². The summed E-state index contributed by atoms with van der Waals surface area (Å²) >= 11 is 0. The van der Waals surface area contributed by atoms with Crippen LogP contribution in [0.1, 0.15) is 30.6 Å². The molecule has 8 heteroatoms. The maximum Gasteiger partial charge on any atom is 0.223 e. The molecule has 2 N–H and O–H groups in total. The molecule has 1 aliphatic heterocycles. The maximum absolute atomic E-state index is 12.2. The Hall–Kier alpha value is -2.23. The highest BCUT2D eigenvalue weighted by atomic mass is 127. The number of carbonyl (C=O) groups excluding carboxylic acids is 1. The number of furan rings is 1. The lowest BCUT2D eigenvalue weighted by atomic mass is 10.1. The molecule has 2 aliphatic rings. The average Bonchev–Trinajstić information content (AvgIpc) is 3.34. The Kier molecular flexibility index (Phi) is 8.62. The van der Waals surface area contributed by atoms with Gasteiger partial charge in [-0.2, -0.15) is 0 Å². The third-order valence-electron chi connectivity index (χ3n) is 5.61. The number of amides is 1. The van der Waals surface area contributed by atoms with Crippen molar-refractivity contribution in [3.05, 3.63) is 54.0 Å². The number of likely N-dealkylation sites (tertiary alicyclic amines) is 1. The van der Waals surface area contributed by atoms with Gasteiger partial charge in [0.05, 0.1) is 19.9 Å². The van der Waals surface area contributed by atoms with E-state index in [9.17, 15) is 4.79 Å². The highest BCUT2D eigenvalue weighted by molar-refractivity contribution is 14.0. The summed E-state index contributed by atoms with van der Waals surface area (Å²) in [4.78, 5) is 19.0. The zero-order valence-electron chi connectivity index (χ0n) is 17.9. The number of nitrogens with one attached hydrogen (secondary N) is 2. The fourth-order valence-electron chi connectivity index (χ4n) is 3.76. The molecule has 4 rings (SSSR count). The smallest absolute Gasteiger partial charge is 0.223 e. The Bertz CT molecular complexity index is 850. The number of guanidine groups is 1. The van der Waals surface area contributed by atoms with Gasteiger partial charge in [0.15, 0.2) is 5.96 Å². The number of nitrogens with zero attached hydrogens (tertiary/aromatic N) is 2. The molecule has 0 radical (unpaired) electrons. The van der Waals surface area contributed by atoms with E-state index in [1.165, 1.54) is 0 Å². The minimum atomic E-state index is 0. The van der Waals surface area contributed by atoms with Crippen LogP contribution < -0.4 is 15.4 Å². The van der Waals surface area contributed by atoms with E-state index in [1.807, 2.05) is 36.4 Å². The molecule has 0 bridgehead atoms. The maximum atomic E-state index is 12.2. The Morgan fingerprint density at radius 1 is 1.23 bits per heavy atom. The third kappa shape index (κ3) is 6.88. The van der Waals surface area contributed by atoms with Gasteiger partial charge in [-0.1, -0.05) is 12.1 Å². The van der Waals surface area contributed by atoms with E-state index in [0.29, 0.717) is 30.8 Å². The zero-order valence-corrected chi connectivity index (χ0v) is 20.2. The van der Waals surface area contributed by atoms with E-state index < -0.39 is 0 Å². The van der Waals surface area contributed by atoms with Gasteiger partial charge in [-0.05, 0) is 42.7 Å². The quantitative estimate of drug-likeness (QED) is 0.292. The van der Waals surface area contributed by atoms with Crippen LogP contribution in [0.5, 0.6) is 5.75 Å². The normalized spacial score (nSPS) is 18.6. The topological polar surface area (TPSA) is 79.1 Å². The van der Waals surface area contributed by atoms with Crippen LogP contribution in [0.25, 0.3) is 0 Å². The average molecular weight is 538 g/mol. The summed E-state index contributed by atoms with van der Waals surface area (Å²) in [5.41, 5.74) is 1.11. The predicted octanol–water partition coefficient (Wildman–Crippen LogP) is 3.20. The first-order valence-electron chi connectivity index (χ1n) is 10.7. The third-order valence-corrected chi connectivity index (χ3v) is 5.61. The van der Waals surface area contributed by atoms with Crippen LogP contribution in [0, 0.1) is 5.92 Å². The van der Waals surface area contributed by atoms with Crippen LogP contribution in [-0.2, 0) is 17.8 Å². The standard InChI is InChI=1S/C23H30N4O3.HI/c1-29-20-8-4-17(5-9-20)14-25-23(24-11-10-21-3-2-12-30-21)26-15-18-13-22(28)27(16-18)19-6-7-19;/h2-5,8-9,12,18-19H,6-7,10-11,13-16H2,1H3,(H2,24,25,26);1H. The van der Waals surface area contributed by atoms with Gasteiger partial charge < -0.3 is 24.7 Å². The van der Waals surface area contributed by atoms with Crippen LogP contribution in [0.3, 0.4) is 0 Å². The summed E-state index contributed by atoms with van der Waals surface area (Å²) in [6.45, 7) is 2.89. The number of carbonyl (C=O) groups is 1. The molecule has 31 heavy (non-hydrogen) atoms. The fourth-order valence-corrected chi connectivity index (χ4v) is 3.76. The molecule has 2 fully saturated rings. The summed E-state index contributed by atoms with van der Waals surface area (Å²) in [5, 5.41) is 6.83. The molecule has 1 atom stereocenters. The van der Waals surface area contributed by atoms with E-state index >= 15 is 0 Å². The molecular formula is C23H31IN4O3. The SMILES string of the molecule is COc1ccc(CN=C(NCCc2ccco2)NCC2CC(=O)N(C3CC3)C2)cc1.I. The van der Waals surface area contributed by atoms with E-state index in [0.717, 1.165) is 61.9 Å². The molecule has 2 aromatic rings. The lowest BCUT2D eigenvalue weighted by Gasteiger charge is -2.17. The largest absolute Gasteiger partial charge is 0.497 e. The molecule has 1 amide bonds. The zero-order chi connectivity index (χ0) is 20.8. The molecule has 168 valence electrons. The van der Waals surface area contributed by atoms with Crippen LogP contribution in [0.15, 0.2) is 52.1 Å². The van der Waals surface area contributed by atoms with E-state index in [-0.39, 0.29) is 24.0 Å². The Morgan fingerprint density at radius 2 is 2.03 bits per heavy atom. The number of hydrogen-bond acceptors (Lipinski definition) is 4. The minimum absolute atomic E-state index is 0. The number of methoxy groups -OCH3 is 1. The van der Waals surface area contributed by atoms with Gasteiger partial charge in [0.25, 0.3) is 0 Å². The molecular weight excluding hydrogens is 507 g/mol. The summed E-state index contributed by atoms with van der Waals surface area (Å²) in [7, 11) is 1.66. The van der Waals surface area contributed by atoms with Gasteiger partial charge in [0.2, 0.25) is 5.91 Å². The van der Waals surface area contributed by atoms with Crippen LogP contribution in [-0.4, -0.2) is 49.6 Å². The van der Waals surface area contributed by atoms with Crippen molar-refractivity contribution >= 4 is 35.8 Å². The van der Waals surface area contributed by atoms with Crippen molar-refractivity contribution in [3.8, 4) is 5.75 Å². The Balaban J connectivity index is 0.00000272. The molecule has 2 heterocycles. The molecule has 1 aromatic carbocycles. The van der Waals surface area contributed by atoms with Crippen molar-refractivity contribution in [3.63, 3.8) is 0 Å². The first-order chi connectivity index (χ1) is 14.7. The number of benzene rings is 1. The lowest BCUT2D eigenvalue weighted by Crippen LogP contribution is -2.41. The van der Waals surface area contributed by atoms with Crippen molar-refractivity contribution in [1.29, 1.82) is 0 Å². The van der Waals surface area contributed by atoms with Gasteiger partial charge in [0, 0.05) is 44.4 Å². The predicted molar refractivity (Wildman–Crippen MR) is 131 cm³/mol. The van der Waals surface area contributed by atoms with Gasteiger partial charge in [-0.3, -0.25) is 4.79 Å². The highest BCUT2D eigenvalue weighted by Crippen LogP contribution is 2.32. The second-order valence-corrected chi connectivity index (χ2v) is 8.00. The summed E-state index contributed by atoms with van der Waals surface area (Å²) in [6, 6.07) is 12.3. The molecule has 1 saturated carbocycles. The molecule has 1 aliphatic carbocycles. The van der Waals surface area contributed by atoms with E-state index in [1.54, 1.807) is 13.4 Å². The van der Waals surface area contributed by atoms with Crippen molar-refractivity contribution in [2.45, 2.75) is 38.3 Å².